The number of halogens is 1. The molecule has 0 aromatic heterocycles. The molecule has 15 heavy (non-hydrogen) atoms. The topological polar surface area (TPSA) is 26.0 Å². The van der Waals surface area contributed by atoms with Gasteiger partial charge in [-0.2, -0.15) is 0 Å². The lowest BCUT2D eigenvalue weighted by Crippen LogP contribution is -2.37. The van der Waals surface area contributed by atoms with Gasteiger partial charge in [-0.25, -0.2) is 4.39 Å². The smallest absolute Gasteiger partial charge is 0.126 e. The van der Waals surface area contributed by atoms with E-state index in [4.69, 9.17) is 5.73 Å². The van der Waals surface area contributed by atoms with Crippen LogP contribution in [0, 0.1) is 12.7 Å². The van der Waals surface area contributed by atoms with Crippen LogP contribution in [0.15, 0.2) is 18.2 Å². The maximum atomic E-state index is 13.5. The lowest BCUT2D eigenvalue weighted by molar-refractivity contribution is 0.227. The normalized spacial score (nSPS) is 18.6. The number of nitrogens with two attached hydrogens (primary N) is 1. The summed E-state index contributed by atoms with van der Waals surface area (Å²) in [5.74, 6) is -0.0872. The van der Waals surface area contributed by atoms with Gasteiger partial charge in [-0.15, -0.1) is 0 Å². The Kier molecular flexibility index (Phi) is 2.79. The average Bonchev–Trinajstić information content (AvgIpc) is 2.17. The van der Waals surface area contributed by atoms with Crippen molar-refractivity contribution >= 4 is 0 Å². The van der Waals surface area contributed by atoms with E-state index >= 15 is 0 Å². The summed E-state index contributed by atoms with van der Waals surface area (Å²) < 4.78 is 13.5. The summed E-state index contributed by atoms with van der Waals surface area (Å²) in [5.41, 5.74) is 7.83. The third-order valence-corrected chi connectivity index (χ3v) is 3.77. The molecule has 1 aromatic carbocycles. The van der Waals surface area contributed by atoms with Gasteiger partial charge in [-0.05, 0) is 55.3 Å². The first-order chi connectivity index (χ1) is 7.19. The summed E-state index contributed by atoms with van der Waals surface area (Å²) in [4.78, 5) is 0. The lowest BCUT2D eigenvalue weighted by atomic mass is 9.61. The molecule has 0 aliphatic heterocycles. The highest BCUT2D eigenvalue weighted by Gasteiger charge is 2.38. The summed E-state index contributed by atoms with van der Waals surface area (Å²) in [6.45, 7) is 2.57. The van der Waals surface area contributed by atoms with Crippen LogP contribution >= 0.6 is 0 Å². The molecule has 1 aliphatic carbocycles. The third-order valence-electron chi connectivity index (χ3n) is 3.77. The van der Waals surface area contributed by atoms with Crippen molar-refractivity contribution < 1.29 is 4.39 Å². The first-order valence-electron chi connectivity index (χ1n) is 5.65. The Morgan fingerprint density at radius 1 is 1.40 bits per heavy atom. The minimum Gasteiger partial charge on any atom is -0.330 e. The molecule has 0 spiro atoms. The SMILES string of the molecule is Cc1c(F)cccc1C1(CCN)CCC1. The molecule has 82 valence electrons. The fourth-order valence-electron chi connectivity index (χ4n) is 2.72. The van der Waals surface area contributed by atoms with Crippen molar-refractivity contribution in [2.45, 2.75) is 38.0 Å². The zero-order valence-electron chi connectivity index (χ0n) is 9.22. The molecule has 2 N–H and O–H groups in total. The highest BCUT2D eigenvalue weighted by Crippen LogP contribution is 2.47. The Labute approximate surface area is 90.5 Å². The van der Waals surface area contributed by atoms with Gasteiger partial charge >= 0.3 is 0 Å². The molecular weight excluding hydrogens is 189 g/mol. The number of hydrogen-bond acceptors (Lipinski definition) is 1. The monoisotopic (exact) mass is 207 g/mol. The van der Waals surface area contributed by atoms with E-state index in [9.17, 15) is 4.39 Å². The van der Waals surface area contributed by atoms with Crippen LogP contribution in [0.2, 0.25) is 0 Å². The molecule has 0 unspecified atom stereocenters. The van der Waals surface area contributed by atoms with E-state index < -0.39 is 0 Å². The van der Waals surface area contributed by atoms with Gasteiger partial charge in [-0.3, -0.25) is 0 Å². The zero-order chi connectivity index (χ0) is 10.9. The van der Waals surface area contributed by atoms with Gasteiger partial charge in [0.1, 0.15) is 5.82 Å². The van der Waals surface area contributed by atoms with E-state index in [-0.39, 0.29) is 11.2 Å². The van der Waals surface area contributed by atoms with Gasteiger partial charge in [-0.1, -0.05) is 18.6 Å². The van der Waals surface area contributed by atoms with Gasteiger partial charge in [0.05, 0.1) is 0 Å². The molecule has 0 radical (unpaired) electrons. The molecule has 0 bridgehead atoms. The summed E-state index contributed by atoms with van der Waals surface area (Å²) in [6.07, 6.45) is 4.55. The second kappa shape index (κ2) is 3.93. The van der Waals surface area contributed by atoms with Crippen LogP contribution in [0.5, 0.6) is 0 Å². The Balaban J connectivity index is 2.38. The molecule has 1 aliphatic rings. The predicted molar refractivity (Wildman–Crippen MR) is 60.3 cm³/mol. The Hall–Kier alpha value is -0.890. The van der Waals surface area contributed by atoms with Crippen LogP contribution in [0.3, 0.4) is 0 Å². The first-order valence-corrected chi connectivity index (χ1v) is 5.65. The van der Waals surface area contributed by atoms with Gasteiger partial charge in [0.25, 0.3) is 0 Å². The predicted octanol–water partition coefficient (Wildman–Crippen LogP) is 2.90. The van der Waals surface area contributed by atoms with Crippen LogP contribution in [-0.2, 0) is 5.41 Å². The molecule has 0 amide bonds. The van der Waals surface area contributed by atoms with Crippen molar-refractivity contribution in [3.8, 4) is 0 Å². The Morgan fingerprint density at radius 2 is 2.13 bits per heavy atom. The highest BCUT2D eigenvalue weighted by molar-refractivity contribution is 5.36. The van der Waals surface area contributed by atoms with E-state index in [2.05, 4.69) is 6.07 Å². The molecule has 1 fully saturated rings. The van der Waals surface area contributed by atoms with E-state index in [0.29, 0.717) is 6.54 Å². The lowest BCUT2D eigenvalue weighted by Gasteiger charge is -2.43. The van der Waals surface area contributed by atoms with Crippen molar-refractivity contribution in [2.75, 3.05) is 6.54 Å². The molecule has 1 aromatic rings. The Bertz CT molecular complexity index is 356. The fourth-order valence-corrected chi connectivity index (χ4v) is 2.72. The maximum Gasteiger partial charge on any atom is 0.126 e. The van der Waals surface area contributed by atoms with Crippen LogP contribution in [0.25, 0.3) is 0 Å². The molecule has 2 heteroatoms. The van der Waals surface area contributed by atoms with Crippen LogP contribution < -0.4 is 5.73 Å². The number of rotatable bonds is 3. The van der Waals surface area contributed by atoms with Gasteiger partial charge in [0, 0.05) is 0 Å². The second-order valence-electron chi connectivity index (χ2n) is 4.58. The van der Waals surface area contributed by atoms with Gasteiger partial charge in [0.2, 0.25) is 0 Å². The van der Waals surface area contributed by atoms with Gasteiger partial charge < -0.3 is 5.73 Å². The zero-order valence-corrected chi connectivity index (χ0v) is 9.22. The molecule has 0 saturated heterocycles. The molecule has 2 rings (SSSR count). The molecule has 0 heterocycles. The van der Waals surface area contributed by atoms with Crippen molar-refractivity contribution in [3.05, 3.63) is 35.1 Å². The fraction of sp³-hybridized carbons (Fsp3) is 0.538. The molecular formula is C13H18FN. The standard InChI is InChI=1S/C13H18FN/c1-10-11(4-2-5-12(10)14)13(8-9-15)6-3-7-13/h2,4-5H,3,6-9,15H2,1H3. The quantitative estimate of drug-likeness (QED) is 0.810. The highest BCUT2D eigenvalue weighted by atomic mass is 19.1. The average molecular weight is 207 g/mol. The third kappa shape index (κ3) is 1.67. The van der Waals surface area contributed by atoms with Crippen molar-refractivity contribution in [1.29, 1.82) is 0 Å². The van der Waals surface area contributed by atoms with Crippen molar-refractivity contribution in [1.82, 2.24) is 0 Å². The maximum absolute atomic E-state index is 13.5. The van der Waals surface area contributed by atoms with Crippen molar-refractivity contribution in [2.24, 2.45) is 5.73 Å². The van der Waals surface area contributed by atoms with E-state index in [1.807, 2.05) is 13.0 Å². The second-order valence-corrected chi connectivity index (χ2v) is 4.58. The molecule has 1 saturated carbocycles. The first kappa shape index (κ1) is 10.6. The van der Waals surface area contributed by atoms with Crippen molar-refractivity contribution in [3.63, 3.8) is 0 Å². The van der Waals surface area contributed by atoms with Crippen LogP contribution in [0.1, 0.15) is 36.8 Å². The van der Waals surface area contributed by atoms with E-state index in [1.54, 1.807) is 0 Å². The summed E-state index contributed by atoms with van der Waals surface area (Å²) in [6, 6.07) is 5.41. The molecule has 0 atom stereocenters. The van der Waals surface area contributed by atoms with E-state index in [1.165, 1.54) is 18.1 Å². The summed E-state index contributed by atoms with van der Waals surface area (Å²) in [5, 5.41) is 0. The molecule has 1 nitrogen and oxygen atoms in total. The summed E-state index contributed by atoms with van der Waals surface area (Å²) >= 11 is 0. The van der Waals surface area contributed by atoms with Crippen LogP contribution in [0.4, 0.5) is 4.39 Å². The van der Waals surface area contributed by atoms with Gasteiger partial charge in [0.15, 0.2) is 0 Å². The minimum absolute atomic E-state index is 0.0872. The minimum atomic E-state index is -0.0872. The summed E-state index contributed by atoms with van der Waals surface area (Å²) in [7, 11) is 0. The van der Waals surface area contributed by atoms with Crippen LogP contribution in [-0.4, -0.2) is 6.54 Å². The number of benzene rings is 1. The largest absolute Gasteiger partial charge is 0.330 e. The Morgan fingerprint density at radius 3 is 2.67 bits per heavy atom. The number of hydrogen-bond donors (Lipinski definition) is 1. The van der Waals surface area contributed by atoms with E-state index in [0.717, 1.165) is 24.8 Å².